The molecule has 0 spiro atoms. The summed E-state index contributed by atoms with van der Waals surface area (Å²) in [5.74, 6) is 1.39. The Morgan fingerprint density at radius 2 is 1.95 bits per heavy atom. The van der Waals surface area contributed by atoms with Gasteiger partial charge in [-0.15, -0.1) is 12.4 Å². The molecular weight excluding hydrogens is 294 g/mol. The average Bonchev–Trinajstić information content (AvgIpc) is 2.94. The maximum atomic E-state index is 11.4. The van der Waals surface area contributed by atoms with Crippen molar-refractivity contribution in [2.45, 2.75) is 31.9 Å². The summed E-state index contributed by atoms with van der Waals surface area (Å²) in [7, 11) is 1.40. The molecule has 0 unspecified atom stereocenters. The van der Waals surface area contributed by atoms with Crippen LogP contribution in [-0.4, -0.2) is 38.4 Å². The highest BCUT2D eigenvalue weighted by molar-refractivity contribution is 5.85. The van der Waals surface area contributed by atoms with E-state index in [0.717, 1.165) is 17.9 Å². The lowest BCUT2D eigenvalue weighted by Crippen LogP contribution is -2.31. The number of halogens is 1. The maximum absolute atomic E-state index is 11.4. The predicted octanol–water partition coefficient (Wildman–Crippen LogP) is 2.18. The first kappa shape index (κ1) is 17.6. The Labute approximate surface area is 131 Å². The second-order valence-electron chi connectivity index (χ2n) is 4.78. The zero-order chi connectivity index (χ0) is 14.4. The molecule has 1 aliphatic rings. The van der Waals surface area contributed by atoms with Crippen LogP contribution >= 0.6 is 12.4 Å². The summed E-state index contributed by atoms with van der Waals surface area (Å²) in [5, 5.41) is 3.09. The van der Waals surface area contributed by atoms with Gasteiger partial charge in [0.05, 0.1) is 13.7 Å². The largest absolute Gasteiger partial charge is 0.494 e. The Morgan fingerprint density at radius 1 is 1.29 bits per heavy atom. The van der Waals surface area contributed by atoms with E-state index >= 15 is 0 Å². The van der Waals surface area contributed by atoms with E-state index in [4.69, 9.17) is 14.2 Å². The molecule has 0 radical (unpaired) electrons. The number of hydrogen-bond donors (Lipinski definition) is 1. The van der Waals surface area contributed by atoms with Crippen molar-refractivity contribution in [3.63, 3.8) is 0 Å². The van der Waals surface area contributed by atoms with Gasteiger partial charge in [0, 0.05) is 13.0 Å². The molecule has 21 heavy (non-hydrogen) atoms. The van der Waals surface area contributed by atoms with Crippen molar-refractivity contribution in [2.75, 3.05) is 20.3 Å². The van der Waals surface area contributed by atoms with E-state index in [-0.39, 0.29) is 30.5 Å². The molecule has 0 aliphatic carbocycles. The van der Waals surface area contributed by atoms with Gasteiger partial charge in [-0.2, -0.15) is 0 Å². The molecule has 0 saturated carbocycles. The van der Waals surface area contributed by atoms with Crippen LogP contribution in [0.4, 0.5) is 0 Å². The van der Waals surface area contributed by atoms with Crippen LogP contribution in [-0.2, 0) is 9.53 Å². The van der Waals surface area contributed by atoms with Crippen molar-refractivity contribution in [1.29, 1.82) is 0 Å². The summed E-state index contributed by atoms with van der Waals surface area (Å²) in [6.07, 6.45) is 1.60. The maximum Gasteiger partial charge on any atom is 0.323 e. The van der Waals surface area contributed by atoms with Crippen LogP contribution in [0.25, 0.3) is 0 Å². The Morgan fingerprint density at radius 3 is 2.57 bits per heavy atom. The first-order chi connectivity index (χ1) is 9.72. The van der Waals surface area contributed by atoms with Crippen molar-refractivity contribution in [3.05, 3.63) is 24.3 Å². The van der Waals surface area contributed by atoms with Gasteiger partial charge in [-0.3, -0.25) is 4.79 Å². The van der Waals surface area contributed by atoms with Gasteiger partial charge in [0.2, 0.25) is 0 Å². The number of methoxy groups -OCH3 is 1. The van der Waals surface area contributed by atoms with E-state index in [1.165, 1.54) is 7.11 Å². The topological polar surface area (TPSA) is 56.8 Å². The molecular formula is C15H22ClNO4. The molecule has 0 aromatic heterocycles. The molecule has 5 nitrogen and oxygen atoms in total. The molecule has 1 saturated heterocycles. The molecule has 0 amide bonds. The summed E-state index contributed by atoms with van der Waals surface area (Å²) in [6, 6.07) is 7.29. The van der Waals surface area contributed by atoms with Gasteiger partial charge in [0.1, 0.15) is 23.6 Å². The number of ether oxygens (including phenoxy) is 3. The minimum absolute atomic E-state index is 0. The molecule has 1 aromatic rings. The lowest BCUT2D eigenvalue weighted by atomic mass is 10.2. The number of carbonyl (C=O) groups excluding carboxylic acids is 1. The van der Waals surface area contributed by atoms with Crippen LogP contribution in [0.3, 0.4) is 0 Å². The highest BCUT2D eigenvalue weighted by atomic mass is 35.5. The molecule has 1 N–H and O–H groups in total. The average molecular weight is 316 g/mol. The fourth-order valence-electron chi connectivity index (χ4n) is 2.14. The summed E-state index contributed by atoms with van der Waals surface area (Å²) in [5.41, 5.74) is 0. The standard InChI is InChI=1S/C15H21NO4.ClH/c1-3-8-19-11-4-6-12(7-5-11)20-13-9-14(16-10-13)15(17)18-2;/h4-7,13-14,16H,3,8-10H2,1-2H3;1H/t13-,14-;/m0./s1. The minimum atomic E-state index is -0.267. The van der Waals surface area contributed by atoms with Crippen LogP contribution in [0.2, 0.25) is 0 Å². The second-order valence-corrected chi connectivity index (χ2v) is 4.78. The van der Waals surface area contributed by atoms with E-state index < -0.39 is 0 Å². The third-order valence-electron chi connectivity index (χ3n) is 3.18. The zero-order valence-electron chi connectivity index (χ0n) is 12.3. The predicted molar refractivity (Wildman–Crippen MR) is 82.3 cm³/mol. The lowest BCUT2D eigenvalue weighted by Gasteiger charge is -2.13. The van der Waals surface area contributed by atoms with Crippen molar-refractivity contribution in [1.82, 2.24) is 5.32 Å². The fraction of sp³-hybridized carbons (Fsp3) is 0.533. The van der Waals surface area contributed by atoms with Crippen molar-refractivity contribution in [2.24, 2.45) is 0 Å². The van der Waals surface area contributed by atoms with Crippen molar-refractivity contribution >= 4 is 18.4 Å². The van der Waals surface area contributed by atoms with Gasteiger partial charge < -0.3 is 19.5 Å². The SMILES string of the molecule is CCCOc1ccc(O[C@@H]2CN[C@H](C(=O)OC)C2)cc1.Cl. The van der Waals surface area contributed by atoms with Gasteiger partial charge in [-0.05, 0) is 30.7 Å². The van der Waals surface area contributed by atoms with Gasteiger partial charge >= 0.3 is 5.97 Å². The minimum Gasteiger partial charge on any atom is -0.494 e. The van der Waals surface area contributed by atoms with Crippen molar-refractivity contribution in [3.8, 4) is 11.5 Å². The number of hydrogen-bond acceptors (Lipinski definition) is 5. The van der Waals surface area contributed by atoms with Crippen LogP contribution < -0.4 is 14.8 Å². The highest BCUT2D eigenvalue weighted by Gasteiger charge is 2.31. The Hall–Kier alpha value is -1.46. The Bertz CT molecular complexity index is 438. The molecule has 1 aromatic carbocycles. The molecule has 1 fully saturated rings. The molecule has 2 rings (SSSR count). The quantitative estimate of drug-likeness (QED) is 0.815. The van der Waals surface area contributed by atoms with Crippen molar-refractivity contribution < 1.29 is 19.0 Å². The first-order valence-corrected chi connectivity index (χ1v) is 6.93. The van der Waals surface area contributed by atoms with Crippen LogP contribution in [0.5, 0.6) is 11.5 Å². The fourth-order valence-corrected chi connectivity index (χ4v) is 2.14. The highest BCUT2D eigenvalue weighted by Crippen LogP contribution is 2.21. The summed E-state index contributed by atoms with van der Waals surface area (Å²) >= 11 is 0. The number of esters is 1. The second kappa shape index (κ2) is 8.74. The Kier molecular flexibility index (Phi) is 7.32. The number of benzene rings is 1. The first-order valence-electron chi connectivity index (χ1n) is 6.93. The van der Waals surface area contributed by atoms with E-state index in [0.29, 0.717) is 19.6 Å². The Balaban J connectivity index is 0.00000220. The van der Waals surface area contributed by atoms with E-state index in [1.54, 1.807) is 0 Å². The number of nitrogens with one attached hydrogen (secondary N) is 1. The smallest absolute Gasteiger partial charge is 0.323 e. The number of rotatable bonds is 6. The van der Waals surface area contributed by atoms with E-state index in [1.807, 2.05) is 24.3 Å². The molecule has 0 bridgehead atoms. The summed E-state index contributed by atoms with van der Waals surface area (Å²) in [6.45, 7) is 3.43. The monoisotopic (exact) mass is 315 g/mol. The lowest BCUT2D eigenvalue weighted by molar-refractivity contribution is -0.142. The van der Waals surface area contributed by atoms with Crippen LogP contribution in [0.15, 0.2) is 24.3 Å². The molecule has 1 heterocycles. The van der Waals surface area contributed by atoms with Crippen LogP contribution in [0.1, 0.15) is 19.8 Å². The van der Waals surface area contributed by atoms with Gasteiger partial charge in [0.15, 0.2) is 0 Å². The van der Waals surface area contributed by atoms with E-state index in [9.17, 15) is 4.79 Å². The molecule has 118 valence electrons. The molecule has 6 heteroatoms. The van der Waals surface area contributed by atoms with Gasteiger partial charge in [-0.25, -0.2) is 0 Å². The third kappa shape index (κ3) is 5.10. The summed E-state index contributed by atoms with van der Waals surface area (Å²) < 4.78 is 16.1. The summed E-state index contributed by atoms with van der Waals surface area (Å²) in [4.78, 5) is 11.4. The molecule has 2 atom stereocenters. The van der Waals surface area contributed by atoms with Gasteiger partial charge in [0.25, 0.3) is 0 Å². The molecule has 1 aliphatic heterocycles. The number of carbonyl (C=O) groups is 1. The third-order valence-corrected chi connectivity index (χ3v) is 3.18. The normalized spacial score (nSPS) is 20.5. The zero-order valence-corrected chi connectivity index (χ0v) is 13.2. The van der Waals surface area contributed by atoms with E-state index in [2.05, 4.69) is 12.2 Å². The van der Waals surface area contributed by atoms with Gasteiger partial charge in [-0.1, -0.05) is 6.92 Å². The van der Waals surface area contributed by atoms with Crippen LogP contribution in [0, 0.1) is 0 Å².